The zero-order chi connectivity index (χ0) is 11.8. The fourth-order valence-electron chi connectivity index (χ4n) is 2.68. The Bertz CT molecular complexity index is 206. The second-order valence-corrected chi connectivity index (χ2v) is 5.03. The Morgan fingerprint density at radius 3 is 2.81 bits per heavy atom. The van der Waals surface area contributed by atoms with Gasteiger partial charge in [-0.05, 0) is 25.2 Å². The van der Waals surface area contributed by atoms with Crippen LogP contribution in [-0.2, 0) is 4.79 Å². The minimum absolute atomic E-state index is 0.204. The first-order valence-electron chi connectivity index (χ1n) is 6.74. The molecule has 0 aromatic carbocycles. The molecule has 0 aromatic rings. The molecule has 16 heavy (non-hydrogen) atoms. The van der Waals surface area contributed by atoms with Gasteiger partial charge in [0.25, 0.3) is 0 Å². The lowest BCUT2D eigenvalue weighted by Gasteiger charge is -2.16. The summed E-state index contributed by atoms with van der Waals surface area (Å²) in [5, 5.41) is 3.45. The smallest absolute Gasteiger partial charge is 0.218 e. The maximum atomic E-state index is 10.6. The van der Waals surface area contributed by atoms with Crippen LogP contribution in [0.15, 0.2) is 0 Å². The van der Waals surface area contributed by atoms with Crippen LogP contribution in [0.3, 0.4) is 0 Å². The molecule has 3 heteroatoms. The average molecular weight is 226 g/mol. The number of rotatable bonds is 6. The molecule has 1 fully saturated rings. The van der Waals surface area contributed by atoms with E-state index in [0.717, 1.165) is 12.5 Å². The molecule has 2 atom stereocenters. The van der Waals surface area contributed by atoms with Gasteiger partial charge in [0.1, 0.15) is 0 Å². The fourth-order valence-corrected chi connectivity index (χ4v) is 2.68. The van der Waals surface area contributed by atoms with Crippen LogP contribution >= 0.6 is 0 Å². The van der Waals surface area contributed by atoms with Crippen molar-refractivity contribution in [1.82, 2.24) is 5.32 Å². The molecular formula is C13H26N2O. The summed E-state index contributed by atoms with van der Waals surface area (Å²) in [6, 6.07) is 0.612. The van der Waals surface area contributed by atoms with Gasteiger partial charge < -0.3 is 11.1 Å². The van der Waals surface area contributed by atoms with Gasteiger partial charge >= 0.3 is 0 Å². The first-order valence-corrected chi connectivity index (χ1v) is 6.74. The predicted octanol–water partition coefficient (Wildman–Crippen LogP) is 2.20. The van der Waals surface area contributed by atoms with Crippen molar-refractivity contribution in [3.63, 3.8) is 0 Å². The number of primary amides is 1. The van der Waals surface area contributed by atoms with Crippen LogP contribution in [0.2, 0.25) is 0 Å². The van der Waals surface area contributed by atoms with E-state index in [4.69, 9.17) is 5.73 Å². The van der Waals surface area contributed by atoms with Gasteiger partial charge in [0.2, 0.25) is 5.91 Å². The molecule has 3 N–H and O–H groups in total. The molecule has 0 heterocycles. The van der Waals surface area contributed by atoms with Gasteiger partial charge in [-0.1, -0.05) is 32.6 Å². The number of carbonyl (C=O) groups is 1. The van der Waals surface area contributed by atoms with E-state index >= 15 is 0 Å². The second kappa shape index (κ2) is 7.66. The van der Waals surface area contributed by atoms with E-state index in [0.29, 0.717) is 12.5 Å². The minimum Gasteiger partial charge on any atom is -0.370 e. The number of hydrogen-bond acceptors (Lipinski definition) is 2. The average Bonchev–Trinajstić information content (AvgIpc) is 2.44. The number of nitrogens with one attached hydrogen (secondary N) is 1. The van der Waals surface area contributed by atoms with Gasteiger partial charge in [-0.15, -0.1) is 0 Å². The van der Waals surface area contributed by atoms with E-state index in [2.05, 4.69) is 12.2 Å². The van der Waals surface area contributed by atoms with Crippen LogP contribution in [-0.4, -0.2) is 18.5 Å². The highest BCUT2D eigenvalue weighted by molar-refractivity contribution is 5.73. The lowest BCUT2D eigenvalue weighted by molar-refractivity contribution is -0.117. The molecule has 1 aliphatic carbocycles. The van der Waals surface area contributed by atoms with E-state index in [1.807, 2.05) is 0 Å². The summed E-state index contributed by atoms with van der Waals surface area (Å²) in [4.78, 5) is 10.6. The molecule has 0 radical (unpaired) electrons. The monoisotopic (exact) mass is 226 g/mol. The Morgan fingerprint density at radius 1 is 1.31 bits per heavy atom. The number of nitrogens with two attached hydrogens (primary N) is 1. The Morgan fingerprint density at radius 2 is 2.12 bits per heavy atom. The van der Waals surface area contributed by atoms with Gasteiger partial charge in [0.15, 0.2) is 0 Å². The molecule has 2 unspecified atom stereocenters. The quantitative estimate of drug-likeness (QED) is 0.682. The summed E-state index contributed by atoms with van der Waals surface area (Å²) >= 11 is 0. The molecule has 1 aliphatic rings. The molecule has 1 rings (SSSR count). The third-order valence-electron chi connectivity index (χ3n) is 3.59. The van der Waals surface area contributed by atoms with E-state index in [-0.39, 0.29) is 5.91 Å². The summed E-state index contributed by atoms with van der Waals surface area (Å²) < 4.78 is 0. The molecule has 0 saturated heterocycles. The van der Waals surface area contributed by atoms with Crippen molar-refractivity contribution >= 4 is 5.91 Å². The Hall–Kier alpha value is -0.570. The lowest BCUT2D eigenvalue weighted by Crippen LogP contribution is -2.31. The van der Waals surface area contributed by atoms with Crippen molar-refractivity contribution in [2.75, 3.05) is 6.54 Å². The number of hydrogen-bond donors (Lipinski definition) is 2. The maximum absolute atomic E-state index is 10.6. The van der Waals surface area contributed by atoms with Gasteiger partial charge in [-0.25, -0.2) is 0 Å². The largest absolute Gasteiger partial charge is 0.370 e. The number of carbonyl (C=O) groups excluding carboxylic acids is 1. The third kappa shape index (κ3) is 5.50. The van der Waals surface area contributed by atoms with E-state index in [9.17, 15) is 4.79 Å². The normalized spacial score (nSPS) is 26.3. The molecule has 0 aliphatic heterocycles. The summed E-state index contributed by atoms with van der Waals surface area (Å²) in [5.41, 5.74) is 5.12. The van der Waals surface area contributed by atoms with Crippen molar-refractivity contribution in [3.05, 3.63) is 0 Å². The molecule has 1 saturated carbocycles. The standard InChI is InChI=1S/C13H26N2O/c1-2-4-11-5-3-6-12(8-7-11)15-10-9-13(14)16/h11-12,15H,2-10H2,1H3,(H2,14,16). The molecule has 1 amide bonds. The SMILES string of the molecule is CCCC1CCCC(NCCC(N)=O)CC1. The van der Waals surface area contributed by atoms with Crippen LogP contribution in [0.4, 0.5) is 0 Å². The lowest BCUT2D eigenvalue weighted by atomic mass is 9.95. The van der Waals surface area contributed by atoms with E-state index in [1.165, 1.54) is 44.9 Å². The van der Waals surface area contributed by atoms with Crippen molar-refractivity contribution in [1.29, 1.82) is 0 Å². The highest BCUT2D eigenvalue weighted by Gasteiger charge is 2.17. The molecule has 3 nitrogen and oxygen atoms in total. The second-order valence-electron chi connectivity index (χ2n) is 5.03. The highest BCUT2D eigenvalue weighted by atomic mass is 16.1. The van der Waals surface area contributed by atoms with Crippen molar-refractivity contribution in [2.45, 2.75) is 64.3 Å². The van der Waals surface area contributed by atoms with Gasteiger partial charge in [0.05, 0.1) is 0 Å². The molecule has 0 spiro atoms. The molecule has 0 aromatic heterocycles. The maximum Gasteiger partial charge on any atom is 0.218 e. The Balaban J connectivity index is 2.17. The third-order valence-corrected chi connectivity index (χ3v) is 3.59. The number of amides is 1. The Kier molecular flexibility index (Phi) is 6.46. The van der Waals surface area contributed by atoms with Gasteiger partial charge in [-0.2, -0.15) is 0 Å². The van der Waals surface area contributed by atoms with Crippen LogP contribution in [0.1, 0.15) is 58.3 Å². The predicted molar refractivity (Wildman–Crippen MR) is 67.1 cm³/mol. The van der Waals surface area contributed by atoms with Crippen LogP contribution in [0.5, 0.6) is 0 Å². The first-order chi connectivity index (χ1) is 7.72. The molecule has 94 valence electrons. The highest BCUT2D eigenvalue weighted by Crippen LogP contribution is 2.26. The fraction of sp³-hybridized carbons (Fsp3) is 0.923. The Labute approximate surface area is 99.2 Å². The van der Waals surface area contributed by atoms with Crippen LogP contribution in [0.25, 0.3) is 0 Å². The van der Waals surface area contributed by atoms with Crippen LogP contribution < -0.4 is 11.1 Å². The zero-order valence-corrected chi connectivity index (χ0v) is 10.5. The first kappa shape index (κ1) is 13.5. The molecular weight excluding hydrogens is 200 g/mol. The zero-order valence-electron chi connectivity index (χ0n) is 10.5. The van der Waals surface area contributed by atoms with Gasteiger partial charge in [0, 0.05) is 19.0 Å². The topological polar surface area (TPSA) is 55.1 Å². The minimum atomic E-state index is -0.204. The van der Waals surface area contributed by atoms with Crippen molar-refractivity contribution < 1.29 is 4.79 Å². The summed E-state index contributed by atoms with van der Waals surface area (Å²) in [7, 11) is 0. The molecule has 0 bridgehead atoms. The van der Waals surface area contributed by atoms with Crippen molar-refractivity contribution in [2.24, 2.45) is 11.7 Å². The van der Waals surface area contributed by atoms with Crippen molar-refractivity contribution in [3.8, 4) is 0 Å². The summed E-state index contributed by atoms with van der Waals surface area (Å²) in [6.45, 7) is 3.02. The van der Waals surface area contributed by atoms with E-state index < -0.39 is 0 Å². The van der Waals surface area contributed by atoms with Gasteiger partial charge in [-0.3, -0.25) is 4.79 Å². The summed E-state index contributed by atoms with van der Waals surface area (Å²) in [6.07, 6.45) is 9.76. The van der Waals surface area contributed by atoms with Crippen LogP contribution in [0, 0.1) is 5.92 Å². The van der Waals surface area contributed by atoms with E-state index in [1.54, 1.807) is 0 Å². The summed E-state index contributed by atoms with van der Waals surface area (Å²) in [5.74, 6) is 0.734.